The van der Waals surface area contributed by atoms with Gasteiger partial charge in [0.1, 0.15) is 5.25 Å². The van der Waals surface area contributed by atoms with Crippen LogP contribution in [0.4, 0.5) is 0 Å². The first kappa shape index (κ1) is 14.3. The number of fused-ring (bicyclic) bond motifs is 1. The molecule has 1 aliphatic heterocycles. The van der Waals surface area contributed by atoms with Crippen molar-refractivity contribution < 1.29 is 13.2 Å². The van der Waals surface area contributed by atoms with Gasteiger partial charge in [-0.3, -0.25) is 9.78 Å². The van der Waals surface area contributed by atoms with Crippen LogP contribution in [0.5, 0.6) is 0 Å². The summed E-state index contributed by atoms with van der Waals surface area (Å²) in [4.78, 5) is 17.6. The van der Waals surface area contributed by atoms with Gasteiger partial charge in [0.15, 0.2) is 0 Å². The number of hydrogen-bond donors (Lipinski definition) is 0. The fraction of sp³-hybridized carbons (Fsp3) is 0.286. The number of aromatic nitrogens is 1. The largest absolute Gasteiger partial charge is 0.337 e. The van der Waals surface area contributed by atoms with Gasteiger partial charge in [0.25, 0.3) is 0 Å². The van der Waals surface area contributed by atoms with Gasteiger partial charge in [-0.2, -0.15) is 0 Å². The summed E-state index contributed by atoms with van der Waals surface area (Å²) in [5.41, 5.74) is 0.968. The maximum atomic E-state index is 12.0. The van der Waals surface area contributed by atoms with Crippen molar-refractivity contribution in [2.24, 2.45) is 0 Å². The van der Waals surface area contributed by atoms with Crippen LogP contribution in [-0.4, -0.2) is 36.0 Å². The maximum Gasteiger partial charge on any atom is 0.237 e. The molecule has 0 bridgehead atoms. The van der Waals surface area contributed by atoms with Crippen molar-refractivity contribution in [3.8, 4) is 0 Å². The van der Waals surface area contributed by atoms with E-state index in [1.54, 1.807) is 17.3 Å². The molecule has 21 heavy (non-hydrogen) atoms. The first-order valence-electron chi connectivity index (χ1n) is 6.48. The van der Waals surface area contributed by atoms with Gasteiger partial charge in [-0.05, 0) is 17.0 Å². The Kier molecular flexibility index (Phi) is 3.59. The number of rotatable bonds is 3. The molecule has 1 fully saturated rings. The Morgan fingerprint density at radius 2 is 2.14 bits per heavy atom. The third-order valence-corrected chi connectivity index (χ3v) is 5.58. The Morgan fingerprint density at radius 3 is 2.86 bits per heavy atom. The number of nitrogens with zero attached hydrogens (tertiary/aromatic N) is 2. The molecule has 1 aromatic carbocycles. The van der Waals surface area contributed by atoms with Gasteiger partial charge >= 0.3 is 0 Å². The SMILES string of the molecule is O=C1CC(S(=O)(=O)Cl)CN1Cc1cccc2cnccc12. The minimum Gasteiger partial charge on any atom is -0.337 e. The second-order valence-electron chi connectivity index (χ2n) is 5.09. The highest BCUT2D eigenvalue weighted by molar-refractivity contribution is 8.14. The van der Waals surface area contributed by atoms with E-state index in [0.717, 1.165) is 16.3 Å². The van der Waals surface area contributed by atoms with E-state index in [9.17, 15) is 13.2 Å². The van der Waals surface area contributed by atoms with Crippen molar-refractivity contribution in [2.75, 3.05) is 6.54 Å². The standard InChI is InChI=1S/C14H13ClN2O3S/c15-21(19,20)12-6-14(18)17(9-12)8-11-3-1-2-10-7-16-5-4-13(10)11/h1-5,7,12H,6,8-9H2. The van der Waals surface area contributed by atoms with Gasteiger partial charge in [0.05, 0.1) is 0 Å². The molecule has 1 amide bonds. The molecule has 7 heteroatoms. The Balaban J connectivity index is 1.88. The molecule has 0 aliphatic carbocycles. The Labute approximate surface area is 127 Å². The van der Waals surface area contributed by atoms with E-state index in [1.807, 2.05) is 24.3 Å². The smallest absolute Gasteiger partial charge is 0.237 e. The maximum absolute atomic E-state index is 12.0. The van der Waals surface area contributed by atoms with Gasteiger partial charge in [-0.15, -0.1) is 0 Å². The predicted molar refractivity (Wildman–Crippen MR) is 80.3 cm³/mol. The summed E-state index contributed by atoms with van der Waals surface area (Å²) >= 11 is 0. The first-order valence-corrected chi connectivity index (χ1v) is 8.85. The van der Waals surface area contributed by atoms with Crippen LogP contribution in [0.25, 0.3) is 10.8 Å². The molecular weight excluding hydrogens is 312 g/mol. The molecule has 0 N–H and O–H groups in total. The lowest BCUT2D eigenvalue weighted by atomic mass is 10.1. The fourth-order valence-corrected chi connectivity index (χ4v) is 3.67. The number of likely N-dealkylation sites (tertiary alicyclic amines) is 1. The van der Waals surface area contributed by atoms with Crippen LogP contribution < -0.4 is 0 Å². The van der Waals surface area contributed by atoms with E-state index in [-0.39, 0.29) is 18.9 Å². The fourth-order valence-electron chi connectivity index (χ4n) is 2.61. The summed E-state index contributed by atoms with van der Waals surface area (Å²) < 4.78 is 22.7. The molecule has 1 atom stereocenters. The summed E-state index contributed by atoms with van der Waals surface area (Å²) in [5, 5.41) is 1.18. The molecule has 1 aliphatic rings. The molecule has 1 saturated heterocycles. The Bertz CT molecular complexity index is 801. The van der Waals surface area contributed by atoms with Crippen LogP contribution in [0.15, 0.2) is 36.7 Å². The van der Waals surface area contributed by atoms with Crippen molar-refractivity contribution in [3.05, 3.63) is 42.2 Å². The summed E-state index contributed by atoms with van der Waals surface area (Å²) in [7, 11) is 1.65. The van der Waals surface area contributed by atoms with Crippen LogP contribution in [0.2, 0.25) is 0 Å². The van der Waals surface area contributed by atoms with Crippen molar-refractivity contribution in [1.29, 1.82) is 0 Å². The zero-order valence-corrected chi connectivity index (χ0v) is 12.6. The highest BCUT2D eigenvalue weighted by Gasteiger charge is 2.37. The molecule has 0 saturated carbocycles. The molecule has 5 nitrogen and oxygen atoms in total. The highest BCUT2D eigenvalue weighted by atomic mass is 35.7. The monoisotopic (exact) mass is 324 g/mol. The Morgan fingerprint density at radius 1 is 1.33 bits per heavy atom. The molecule has 2 heterocycles. The number of hydrogen-bond acceptors (Lipinski definition) is 4. The van der Waals surface area contributed by atoms with E-state index in [0.29, 0.717) is 6.54 Å². The molecule has 0 spiro atoms. The van der Waals surface area contributed by atoms with Gasteiger partial charge < -0.3 is 4.90 Å². The summed E-state index contributed by atoms with van der Waals surface area (Å²) in [5.74, 6) is -0.185. The lowest BCUT2D eigenvalue weighted by Gasteiger charge is -2.17. The normalized spacial score (nSPS) is 19.4. The first-order chi connectivity index (χ1) is 9.95. The average molecular weight is 325 g/mol. The van der Waals surface area contributed by atoms with Crippen LogP contribution in [0, 0.1) is 0 Å². The second-order valence-corrected chi connectivity index (χ2v) is 8.00. The zero-order valence-electron chi connectivity index (χ0n) is 11.1. The summed E-state index contributed by atoms with van der Waals surface area (Å²) in [6.07, 6.45) is 3.42. The molecule has 1 unspecified atom stereocenters. The van der Waals surface area contributed by atoms with E-state index >= 15 is 0 Å². The topological polar surface area (TPSA) is 67.3 Å². The third kappa shape index (κ3) is 2.87. The average Bonchev–Trinajstić information content (AvgIpc) is 2.81. The lowest BCUT2D eigenvalue weighted by molar-refractivity contribution is -0.128. The number of carbonyl (C=O) groups excluding carboxylic acids is 1. The predicted octanol–water partition coefficient (Wildman–Crippen LogP) is 1.90. The quantitative estimate of drug-likeness (QED) is 0.809. The highest BCUT2D eigenvalue weighted by Crippen LogP contribution is 2.25. The van der Waals surface area contributed by atoms with E-state index in [2.05, 4.69) is 4.98 Å². The van der Waals surface area contributed by atoms with Crippen LogP contribution >= 0.6 is 10.7 Å². The van der Waals surface area contributed by atoms with Crippen molar-refractivity contribution in [2.45, 2.75) is 18.2 Å². The van der Waals surface area contributed by atoms with Crippen LogP contribution in [0.3, 0.4) is 0 Å². The third-order valence-electron chi connectivity index (χ3n) is 3.71. The molecule has 2 aromatic rings. The minimum absolute atomic E-state index is 0.0435. The van der Waals surface area contributed by atoms with Gasteiger partial charge in [0, 0.05) is 48.0 Å². The molecule has 1 aromatic heterocycles. The lowest BCUT2D eigenvalue weighted by Crippen LogP contribution is -2.26. The second kappa shape index (κ2) is 5.27. The summed E-state index contributed by atoms with van der Waals surface area (Å²) in [6.45, 7) is 0.523. The molecule has 3 rings (SSSR count). The number of pyridine rings is 1. The van der Waals surface area contributed by atoms with Crippen LogP contribution in [-0.2, 0) is 20.4 Å². The van der Waals surface area contributed by atoms with Crippen LogP contribution in [0.1, 0.15) is 12.0 Å². The van der Waals surface area contributed by atoms with E-state index in [4.69, 9.17) is 10.7 Å². The minimum atomic E-state index is -3.70. The molecule has 110 valence electrons. The number of carbonyl (C=O) groups is 1. The number of benzene rings is 1. The van der Waals surface area contributed by atoms with E-state index < -0.39 is 14.3 Å². The van der Waals surface area contributed by atoms with Crippen molar-refractivity contribution >= 4 is 36.4 Å². The van der Waals surface area contributed by atoms with E-state index in [1.165, 1.54) is 0 Å². The van der Waals surface area contributed by atoms with Gasteiger partial charge in [0.2, 0.25) is 15.0 Å². The number of halogens is 1. The zero-order chi connectivity index (χ0) is 15.0. The van der Waals surface area contributed by atoms with Gasteiger partial charge in [-0.25, -0.2) is 8.42 Å². The Hall–Kier alpha value is -1.66. The number of amides is 1. The van der Waals surface area contributed by atoms with Crippen molar-refractivity contribution in [1.82, 2.24) is 9.88 Å². The molecule has 0 radical (unpaired) electrons. The van der Waals surface area contributed by atoms with Gasteiger partial charge in [-0.1, -0.05) is 18.2 Å². The summed E-state index contributed by atoms with van der Waals surface area (Å²) in [6, 6.07) is 7.67. The molecular formula is C14H13ClN2O3S. The van der Waals surface area contributed by atoms with Crippen molar-refractivity contribution in [3.63, 3.8) is 0 Å².